The number of anilines is 1. The molecule has 6 nitrogen and oxygen atoms in total. The van der Waals surface area contributed by atoms with Crippen molar-refractivity contribution in [2.75, 3.05) is 24.5 Å². The number of hydrogen-bond donors (Lipinski definition) is 1. The fraction of sp³-hybridized carbons (Fsp3) is 0.750. The van der Waals surface area contributed by atoms with Crippen LogP contribution in [0.15, 0.2) is 6.20 Å². The molecule has 106 valence electrons. The van der Waals surface area contributed by atoms with Gasteiger partial charge in [-0.05, 0) is 37.1 Å². The van der Waals surface area contributed by atoms with E-state index < -0.39 is 0 Å². The number of aromatic nitrogens is 1. The smallest absolute Gasteiger partial charge is 0.345 e. The minimum Gasteiger partial charge on any atom is -0.346 e. The number of thiazole rings is 1. The number of nitro groups is 1. The average Bonchev–Trinajstić information content (AvgIpc) is 2.89. The molecule has 0 spiro atoms. The second-order valence-electron chi connectivity index (χ2n) is 4.83. The third-order valence-electron chi connectivity index (χ3n) is 3.28. The zero-order valence-electron chi connectivity index (χ0n) is 11.2. The highest BCUT2D eigenvalue weighted by atomic mass is 32.1. The van der Waals surface area contributed by atoms with Crippen molar-refractivity contribution in [3.05, 3.63) is 16.3 Å². The molecule has 1 N–H and O–H groups in total. The maximum atomic E-state index is 10.7. The fourth-order valence-corrected chi connectivity index (χ4v) is 3.14. The zero-order chi connectivity index (χ0) is 13.7. The lowest BCUT2D eigenvalue weighted by Crippen LogP contribution is -2.44. The van der Waals surface area contributed by atoms with Gasteiger partial charge in [0.25, 0.3) is 0 Å². The van der Waals surface area contributed by atoms with Gasteiger partial charge in [-0.2, -0.15) is 0 Å². The molecule has 2 rings (SSSR count). The molecule has 0 aromatic carbocycles. The second kappa shape index (κ2) is 6.81. The molecule has 1 unspecified atom stereocenters. The van der Waals surface area contributed by atoms with E-state index in [2.05, 4.69) is 22.1 Å². The molecule has 2 heterocycles. The first kappa shape index (κ1) is 14.2. The summed E-state index contributed by atoms with van der Waals surface area (Å²) in [6.45, 7) is 4.97. The molecule has 1 atom stereocenters. The second-order valence-corrected chi connectivity index (χ2v) is 5.82. The van der Waals surface area contributed by atoms with Crippen molar-refractivity contribution in [3.8, 4) is 0 Å². The van der Waals surface area contributed by atoms with Crippen molar-refractivity contribution in [1.82, 2.24) is 10.3 Å². The van der Waals surface area contributed by atoms with Crippen molar-refractivity contribution < 1.29 is 4.92 Å². The number of hydrogen-bond acceptors (Lipinski definition) is 6. The van der Waals surface area contributed by atoms with Gasteiger partial charge in [0, 0.05) is 19.1 Å². The van der Waals surface area contributed by atoms with Gasteiger partial charge >= 0.3 is 5.00 Å². The van der Waals surface area contributed by atoms with Gasteiger partial charge in [-0.1, -0.05) is 13.3 Å². The molecule has 0 bridgehead atoms. The lowest BCUT2D eigenvalue weighted by molar-refractivity contribution is -0.380. The van der Waals surface area contributed by atoms with Crippen molar-refractivity contribution in [2.24, 2.45) is 0 Å². The summed E-state index contributed by atoms with van der Waals surface area (Å²) < 4.78 is 0. The Bertz CT molecular complexity index is 418. The monoisotopic (exact) mass is 284 g/mol. The minimum atomic E-state index is -0.371. The van der Waals surface area contributed by atoms with Crippen LogP contribution >= 0.6 is 11.3 Å². The van der Waals surface area contributed by atoms with E-state index in [1.807, 2.05) is 0 Å². The van der Waals surface area contributed by atoms with E-state index in [1.54, 1.807) is 0 Å². The van der Waals surface area contributed by atoms with Crippen LogP contribution in [0.4, 0.5) is 10.1 Å². The van der Waals surface area contributed by atoms with E-state index in [-0.39, 0.29) is 9.92 Å². The van der Waals surface area contributed by atoms with Crippen molar-refractivity contribution in [2.45, 2.75) is 38.6 Å². The van der Waals surface area contributed by atoms with Gasteiger partial charge in [0.2, 0.25) is 0 Å². The molecule has 1 aliphatic rings. The van der Waals surface area contributed by atoms with E-state index in [9.17, 15) is 10.1 Å². The standard InChI is InChI=1S/C12H20N4O2S/c1-2-7-15(9-10-5-3-4-6-13-10)12-14-8-11(19-12)16(17)18/h8,10,13H,2-7,9H2,1H3. The zero-order valence-corrected chi connectivity index (χ0v) is 12.0. The first-order valence-electron chi connectivity index (χ1n) is 6.79. The van der Waals surface area contributed by atoms with Gasteiger partial charge in [0.05, 0.1) is 4.92 Å². The maximum Gasteiger partial charge on any atom is 0.345 e. The summed E-state index contributed by atoms with van der Waals surface area (Å²) in [6.07, 6.45) is 6.05. The van der Waals surface area contributed by atoms with Gasteiger partial charge in [0.1, 0.15) is 6.20 Å². The number of nitrogens with one attached hydrogen (secondary N) is 1. The van der Waals surface area contributed by atoms with Crippen LogP contribution in [-0.2, 0) is 0 Å². The highest BCUT2D eigenvalue weighted by Gasteiger charge is 2.20. The molecule has 1 saturated heterocycles. The maximum absolute atomic E-state index is 10.7. The lowest BCUT2D eigenvalue weighted by atomic mass is 10.0. The summed E-state index contributed by atoms with van der Waals surface area (Å²) in [5, 5.41) is 15.1. The third kappa shape index (κ3) is 3.87. The Labute approximate surface area is 117 Å². The van der Waals surface area contributed by atoms with E-state index in [1.165, 1.54) is 36.8 Å². The molecule has 19 heavy (non-hydrogen) atoms. The molecule has 1 aliphatic heterocycles. The Hall–Kier alpha value is -1.21. The summed E-state index contributed by atoms with van der Waals surface area (Å²) in [5.41, 5.74) is 0. The summed E-state index contributed by atoms with van der Waals surface area (Å²) in [5.74, 6) is 0. The molecule has 1 aromatic rings. The first-order chi connectivity index (χ1) is 9.20. The van der Waals surface area contributed by atoms with Crippen LogP contribution < -0.4 is 10.2 Å². The van der Waals surface area contributed by atoms with E-state index in [0.29, 0.717) is 6.04 Å². The lowest BCUT2D eigenvalue weighted by Gasteiger charge is -2.30. The van der Waals surface area contributed by atoms with Crippen LogP contribution in [0.3, 0.4) is 0 Å². The Morgan fingerprint density at radius 3 is 3.05 bits per heavy atom. The number of nitrogens with zero attached hydrogens (tertiary/aromatic N) is 3. The third-order valence-corrected chi connectivity index (χ3v) is 4.29. The highest BCUT2D eigenvalue weighted by Crippen LogP contribution is 2.28. The summed E-state index contributed by atoms with van der Waals surface area (Å²) in [7, 11) is 0. The Morgan fingerprint density at radius 2 is 2.47 bits per heavy atom. The SMILES string of the molecule is CCCN(CC1CCCCN1)c1ncc([N+](=O)[O-])s1. The quantitative estimate of drug-likeness (QED) is 0.641. The van der Waals surface area contributed by atoms with Crippen molar-refractivity contribution in [3.63, 3.8) is 0 Å². The molecular formula is C12H20N4O2S. The summed E-state index contributed by atoms with van der Waals surface area (Å²) in [4.78, 5) is 16.7. The largest absolute Gasteiger partial charge is 0.346 e. The summed E-state index contributed by atoms with van der Waals surface area (Å²) >= 11 is 1.17. The van der Waals surface area contributed by atoms with E-state index in [4.69, 9.17) is 0 Å². The van der Waals surface area contributed by atoms with Crippen LogP contribution in [0.25, 0.3) is 0 Å². The van der Waals surface area contributed by atoms with Crippen LogP contribution in [0, 0.1) is 10.1 Å². The fourth-order valence-electron chi connectivity index (χ4n) is 2.37. The predicted molar refractivity (Wildman–Crippen MR) is 76.9 cm³/mol. The molecule has 0 radical (unpaired) electrons. The Morgan fingerprint density at radius 1 is 1.63 bits per heavy atom. The van der Waals surface area contributed by atoms with Gasteiger partial charge in [-0.15, -0.1) is 0 Å². The van der Waals surface area contributed by atoms with Gasteiger partial charge in [0.15, 0.2) is 5.13 Å². The van der Waals surface area contributed by atoms with Gasteiger partial charge in [-0.3, -0.25) is 10.1 Å². The normalized spacial score (nSPS) is 19.3. The van der Waals surface area contributed by atoms with E-state index >= 15 is 0 Å². The molecule has 1 aromatic heterocycles. The Kier molecular flexibility index (Phi) is 5.09. The van der Waals surface area contributed by atoms with Crippen molar-refractivity contribution >= 4 is 21.5 Å². The molecule has 1 fully saturated rings. The number of rotatable bonds is 6. The van der Waals surface area contributed by atoms with Gasteiger partial charge < -0.3 is 10.2 Å². The highest BCUT2D eigenvalue weighted by molar-refractivity contribution is 7.18. The predicted octanol–water partition coefficient (Wildman–Crippen LogP) is 2.41. The minimum absolute atomic E-state index is 0.118. The van der Waals surface area contributed by atoms with Gasteiger partial charge in [-0.25, -0.2) is 4.98 Å². The van der Waals surface area contributed by atoms with Crippen LogP contribution in [0.2, 0.25) is 0 Å². The van der Waals surface area contributed by atoms with Crippen LogP contribution in [-0.4, -0.2) is 35.6 Å². The van der Waals surface area contributed by atoms with E-state index in [0.717, 1.165) is 31.2 Å². The molecule has 0 amide bonds. The first-order valence-corrected chi connectivity index (χ1v) is 7.61. The molecular weight excluding hydrogens is 264 g/mol. The van der Waals surface area contributed by atoms with Crippen LogP contribution in [0.5, 0.6) is 0 Å². The molecule has 7 heteroatoms. The average molecular weight is 284 g/mol. The van der Waals surface area contributed by atoms with Crippen LogP contribution in [0.1, 0.15) is 32.6 Å². The number of piperidine rings is 1. The molecule has 0 saturated carbocycles. The topological polar surface area (TPSA) is 71.3 Å². The molecule has 0 aliphatic carbocycles. The van der Waals surface area contributed by atoms with Crippen molar-refractivity contribution in [1.29, 1.82) is 0 Å². The summed E-state index contributed by atoms with van der Waals surface area (Å²) in [6, 6.07) is 0.475. The Balaban J connectivity index is 2.02.